The molecule has 2 unspecified atom stereocenters. The average molecular weight is 230 g/mol. The number of methoxy groups -OCH3 is 1. The van der Waals surface area contributed by atoms with Crippen LogP contribution >= 0.6 is 0 Å². The number of aliphatic hydroxyl groups is 1. The Morgan fingerprint density at radius 1 is 1.69 bits per heavy atom. The summed E-state index contributed by atoms with van der Waals surface area (Å²) in [6.07, 6.45) is 1.14. The molecule has 94 valence electrons. The Kier molecular flexibility index (Phi) is 5.18. The topological polar surface area (TPSA) is 70.6 Å². The molecule has 1 aliphatic rings. The summed E-state index contributed by atoms with van der Waals surface area (Å²) in [5.41, 5.74) is -0.764. The molecule has 5 nitrogen and oxygen atoms in total. The highest BCUT2D eigenvalue weighted by atomic mass is 16.5. The smallest absolute Gasteiger partial charge is 0.220 e. The van der Waals surface area contributed by atoms with Crippen molar-refractivity contribution >= 4 is 5.91 Å². The van der Waals surface area contributed by atoms with Gasteiger partial charge in [0.15, 0.2) is 0 Å². The fourth-order valence-electron chi connectivity index (χ4n) is 1.88. The molecule has 1 amide bonds. The zero-order valence-electron chi connectivity index (χ0n) is 10.1. The van der Waals surface area contributed by atoms with Crippen molar-refractivity contribution in [3.63, 3.8) is 0 Å². The third-order valence-corrected chi connectivity index (χ3v) is 2.82. The number of ether oxygens (including phenoxy) is 1. The first-order chi connectivity index (χ1) is 7.56. The van der Waals surface area contributed by atoms with Crippen LogP contribution in [0.5, 0.6) is 0 Å². The fourth-order valence-corrected chi connectivity index (χ4v) is 1.88. The molecular weight excluding hydrogens is 208 g/mol. The van der Waals surface area contributed by atoms with Crippen molar-refractivity contribution in [2.75, 3.05) is 33.4 Å². The van der Waals surface area contributed by atoms with E-state index in [4.69, 9.17) is 4.74 Å². The molecule has 1 fully saturated rings. The molecule has 0 spiro atoms. The van der Waals surface area contributed by atoms with E-state index in [2.05, 4.69) is 10.6 Å². The van der Waals surface area contributed by atoms with E-state index in [1.165, 1.54) is 0 Å². The molecule has 1 rings (SSSR count). The minimum Gasteiger partial charge on any atom is -0.387 e. The normalized spacial score (nSPS) is 26.7. The van der Waals surface area contributed by atoms with Crippen LogP contribution in [0, 0.1) is 5.92 Å². The lowest BCUT2D eigenvalue weighted by Gasteiger charge is -2.22. The van der Waals surface area contributed by atoms with E-state index in [0.29, 0.717) is 32.5 Å². The van der Waals surface area contributed by atoms with Crippen LogP contribution in [0.4, 0.5) is 0 Å². The van der Waals surface area contributed by atoms with Gasteiger partial charge >= 0.3 is 0 Å². The van der Waals surface area contributed by atoms with Crippen molar-refractivity contribution < 1.29 is 14.6 Å². The molecule has 0 saturated carbocycles. The van der Waals surface area contributed by atoms with Crippen molar-refractivity contribution in [3.8, 4) is 0 Å². The maximum absolute atomic E-state index is 11.5. The molecule has 0 aromatic heterocycles. The first-order valence-corrected chi connectivity index (χ1v) is 5.74. The third-order valence-electron chi connectivity index (χ3n) is 2.82. The molecule has 0 radical (unpaired) electrons. The van der Waals surface area contributed by atoms with Gasteiger partial charge in [0.05, 0.1) is 5.60 Å². The van der Waals surface area contributed by atoms with E-state index in [0.717, 1.165) is 6.54 Å². The van der Waals surface area contributed by atoms with E-state index in [1.807, 2.05) is 6.92 Å². The highest BCUT2D eigenvalue weighted by molar-refractivity contribution is 5.76. The molecule has 0 aromatic rings. The van der Waals surface area contributed by atoms with Gasteiger partial charge in [-0.2, -0.15) is 0 Å². The van der Waals surface area contributed by atoms with Gasteiger partial charge in [-0.3, -0.25) is 4.79 Å². The number of β-amino-alcohol motifs (C(OH)–C–C–N with tert-alkyl or cyclic N) is 1. The Balaban J connectivity index is 2.19. The van der Waals surface area contributed by atoms with Crippen molar-refractivity contribution in [1.29, 1.82) is 0 Å². The number of hydrogen-bond acceptors (Lipinski definition) is 4. The van der Waals surface area contributed by atoms with Crippen LogP contribution < -0.4 is 10.6 Å². The minimum atomic E-state index is -0.764. The van der Waals surface area contributed by atoms with Gasteiger partial charge in [0.1, 0.15) is 0 Å². The maximum Gasteiger partial charge on any atom is 0.220 e. The first kappa shape index (κ1) is 13.4. The van der Waals surface area contributed by atoms with Gasteiger partial charge in [0.25, 0.3) is 0 Å². The second kappa shape index (κ2) is 6.18. The summed E-state index contributed by atoms with van der Waals surface area (Å²) in [6.45, 7) is 4.25. The minimum absolute atomic E-state index is 0.0233. The van der Waals surface area contributed by atoms with Crippen molar-refractivity contribution in [2.24, 2.45) is 5.92 Å². The van der Waals surface area contributed by atoms with Crippen molar-refractivity contribution in [1.82, 2.24) is 10.6 Å². The molecule has 1 heterocycles. The number of rotatable bonds is 6. The molecule has 3 N–H and O–H groups in total. The zero-order valence-corrected chi connectivity index (χ0v) is 10.1. The van der Waals surface area contributed by atoms with Gasteiger partial charge in [0, 0.05) is 33.2 Å². The Bertz CT molecular complexity index is 227. The molecular formula is C11H22N2O3. The number of nitrogens with one attached hydrogen (secondary N) is 2. The Hall–Kier alpha value is -0.650. The van der Waals surface area contributed by atoms with Crippen LogP contribution in [-0.2, 0) is 9.53 Å². The molecule has 0 aromatic carbocycles. The van der Waals surface area contributed by atoms with Gasteiger partial charge in [-0.25, -0.2) is 0 Å². The monoisotopic (exact) mass is 230 g/mol. The lowest BCUT2D eigenvalue weighted by atomic mass is 10.0. The van der Waals surface area contributed by atoms with E-state index >= 15 is 0 Å². The van der Waals surface area contributed by atoms with Crippen LogP contribution in [0.3, 0.4) is 0 Å². The predicted octanol–water partition coefficient (Wildman–Crippen LogP) is -0.500. The maximum atomic E-state index is 11.5. The van der Waals surface area contributed by atoms with Crippen LogP contribution in [0.1, 0.15) is 19.8 Å². The summed E-state index contributed by atoms with van der Waals surface area (Å²) in [5.74, 6) is 0.186. The van der Waals surface area contributed by atoms with E-state index in [1.54, 1.807) is 7.11 Å². The molecule has 0 aliphatic carbocycles. The Labute approximate surface area is 96.6 Å². The van der Waals surface area contributed by atoms with Crippen LogP contribution in [-0.4, -0.2) is 50.0 Å². The van der Waals surface area contributed by atoms with Crippen molar-refractivity contribution in [3.05, 3.63) is 0 Å². The summed E-state index contributed by atoms with van der Waals surface area (Å²) in [4.78, 5) is 11.5. The predicted molar refractivity (Wildman–Crippen MR) is 61.1 cm³/mol. The standard InChI is InChI=1S/C11H22N2O3/c1-9(6-16-2)5-10(14)13-8-11(15)3-4-12-7-11/h9,12,15H,3-8H2,1-2H3,(H,13,14). The molecule has 1 aliphatic heterocycles. The third kappa shape index (κ3) is 4.47. The van der Waals surface area contributed by atoms with E-state index < -0.39 is 5.60 Å². The zero-order chi connectivity index (χ0) is 12.0. The largest absolute Gasteiger partial charge is 0.387 e. The summed E-state index contributed by atoms with van der Waals surface area (Å²) in [5, 5.41) is 15.8. The second-order valence-corrected chi connectivity index (χ2v) is 4.69. The van der Waals surface area contributed by atoms with E-state index in [-0.39, 0.29) is 11.8 Å². The quantitative estimate of drug-likeness (QED) is 0.575. The number of amides is 1. The van der Waals surface area contributed by atoms with E-state index in [9.17, 15) is 9.90 Å². The van der Waals surface area contributed by atoms with Crippen molar-refractivity contribution in [2.45, 2.75) is 25.4 Å². The molecule has 5 heteroatoms. The van der Waals surface area contributed by atoms with Crippen LogP contribution in [0.2, 0.25) is 0 Å². The molecule has 16 heavy (non-hydrogen) atoms. The average Bonchev–Trinajstić information content (AvgIpc) is 2.63. The summed E-state index contributed by atoms with van der Waals surface area (Å²) in [7, 11) is 1.63. The fraction of sp³-hybridized carbons (Fsp3) is 0.909. The van der Waals surface area contributed by atoms with Gasteiger partial charge < -0.3 is 20.5 Å². The number of hydrogen-bond donors (Lipinski definition) is 3. The Morgan fingerprint density at radius 2 is 2.44 bits per heavy atom. The summed E-state index contributed by atoms with van der Waals surface area (Å²) in [6, 6.07) is 0. The van der Waals surface area contributed by atoms with Crippen LogP contribution in [0.15, 0.2) is 0 Å². The second-order valence-electron chi connectivity index (χ2n) is 4.69. The molecule has 1 saturated heterocycles. The van der Waals surface area contributed by atoms with Crippen LogP contribution in [0.25, 0.3) is 0 Å². The van der Waals surface area contributed by atoms with Gasteiger partial charge in [-0.15, -0.1) is 0 Å². The number of carbonyl (C=O) groups is 1. The lowest BCUT2D eigenvalue weighted by molar-refractivity contribution is -0.123. The molecule has 2 atom stereocenters. The first-order valence-electron chi connectivity index (χ1n) is 5.74. The SMILES string of the molecule is COCC(C)CC(=O)NCC1(O)CCNC1. The van der Waals surface area contributed by atoms with Gasteiger partial charge in [-0.1, -0.05) is 6.92 Å². The van der Waals surface area contributed by atoms with Gasteiger partial charge in [0.2, 0.25) is 5.91 Å². The van der Waals surface area contributed by atoms with Gasteiger partial charge in [-0.05, 0) is 18.9 Å². The summed E-state index contributed by atoms with van der Waals surface area (Å²) >= 11 is 0. The Morgan fingerprint density at radius 3 is 3.00 bits per heavy atom. The number of carbonyl (C=O) groups excluding carboxylic acids is 1. The highest BCUT2D eigenvalue weighted by Gasteiger charge is 2.31. The highest BCUT2D eigenvalue weighted by Crippen LogP contribution is 2.12. The summed E-state index contributed by atoms with van der Waals surface area (Å²) < 4.78 is 4.96. The lowest BCUT2D eigenvalue weighted by Crippen LogP contribution is -2.44. The molecule has 0 bridgehead atoms.